The molecule has 0 amide bonds. The van der Waals surface area contributed by atoms with Crippen LogP contribution in [0.2, 0.25) is 0 Å². The van der Waals surface area contributed by atoms with Gasteiger partial charge in [0.15, 0.2) is 0 Å². The number of aryl methyl sites for hydroxylation is 1. The van der Waals surface area contributed by atoms with Gasteiger partial charge in [-0.2, -0.15) is 0 Å². The SMILES string of the molecule is C/C(N)=C/C(=O)OCc1cccc(C)c1. The molecule has 1 rings (SSSR count). The van der Waals surface area contributed by atoms with Crippen molar-refractivity contribution >= 4 is 5.97 Å². The third kappa shape index (κ3) is 4.31. The van der Waals surface area contributed by atoms with E-state index in [-0.39, 0.29) is 6.61 Å². The molecule has 2 N–H and O–H groups in total. The molecule has 0 bridgehead atoms. The summed E-state index contributed by atoms with van der Waals surface area (Å²) in [6.45, 7) is 3.92. The van der Waals surface area contributed by atoms with Crippen molar-refractivity contribution in [3.63, 3.8) is 0 Å². The van der Waals surface area contributed by atoms with Gasteiger partial charge in [0.25, 0.3) is 0 Å². The predicted molar refractivity (Wildman–Crippen MR) is 58.9 cm³/mol. The lowest BCUT2D eigenvalue weighted by atomic mass is 10.1. The molecular formula is C12H15NO2. The predicted octanol–water partition coefficient (Wildman–Crippen LogP) is 1.90. The summed E-state index contributed by atoms with van der Waals surface area (Å²) in [5.41, 5.74) is 7.92. The van der Waals surface area contributed by atoms with Crippen molar-refractivity contribution in [1.29, 1.82) is 0 Å². The third-order valence-corrected chi connectivity index (χ3v) is 1.81. The minimum absolute atomic E-state index is 0.282. The Morgan fingerprint density at radius 1 is 1.53 bits per heavy atom. The third-order valence-electron chi connectivity index (χ3n) is 1.81. The fraction of sp³-hybridized carbons (Fsp3) is 0.250. The number of benzene rings is 1. The lowest BCUT2D eigenvalue weighted by Gasteiger charge is -2.03. The molecule has 0 saturated heterocycles. The molecule has 0 aliphatic carbocycles. The van der Waals surface area contributed by atoms with Gasteiger partial charge in [-0.15, -0.1) is 0 Å². The van der Waals surface area contributed by atoms with Crippen LogP contribution in [0.1, 0.15) is 18.1 Å². The number of carbonyl (C=O) groups excluding carboxylic acids is 1. The molecule has 0 fully saturated rings. The molecule has 80 valence electrons. The number of rotatable bonds is 3. The lowest BCUT2D eigenvalue weighted by Crippen LogP contribution is -2.04. The van der Waals surface area contributed by atoms with Crippen molar-refractivity contribution in [2.45, 2.75) is 20.5 Å². The van der Waals surface area contributed by atoms with Crippen molar-refractivity contribution in [3.8, 4) is 0 Å². The molecule has 15 heavy (non-hydrogen) atoms. The van der Waals surface area contributed by atoms with E-state index in [9.17, 15) is 4.79 Å². The topological polar surface area (TPSA) is 52.3 Å². The van der Waals surface area contributed by atoms with Crippen LogP contribution in [0, 0.1) is 6.92 Å². The zero-order valence-electron chi connectivity index (χ0n) is 8.99. The first-order chi connectivity index (χ1) is 7.08. The Kier molecular flexibility index (Phi) is 3.92. The Bertz CT molecular complexity index is 379. The zero-order chi connectivity index (χ0) is 11.3. The Labute approximate surface area is 89.5 Å². The Balaban J connectivity index is 2.51. The highest BCUT2D eigenvalue weighted by Crippen LogP contribution is 2.05. The van der Waals surface area contributed by atoms with E-state index in [1.807, 2.05) is 31.2 Å². The van der Waals surface area contributed by atoms with Crippen LogP contribution < -0.4 is 5.73 Å². The number of nitrogens with two attached hydrogens (primary N) is 1. The van der Waals surface area contributed by atoms with E-state index in [0.29, 0.717) is 5.70 Å². The van der Waals surface area contributed by atoms with Gasteiger partial charge in [0.1, 0.15) is 6.61 Å². The van der Waals surface area contributed by atoms with E-state index >= 15 is 0 Å². The molecule has 0 aliphatic rings. The standard InChI is InChI=1S/C12H15NO2/c1-9-4-3-5-11(6-9)8-15-12(14)7-10(2)13/h3-7H,8,13H2,1-2H3/b10-7-. The molecule has 0 heterocycles. The van der Waals surface area contributed by atoms with Crippen molar-refractivity contribution in [3.05, 3.63) is 47.2 Å². The molecule has 0 aliphatic heterocycles. The summed E-state index contributed by atoms with van der Waals surface area (Å²) in [5.74, 6) is -0.406. The van der Waals surface area contributed by atoms with E-state index < -0.39 is 5.97 Å². The average molecular weight is 205 g/mol. The number of esters is 1. The average Bonchev–Trinajstić information content (AvgIpc) is 2.14. The summed E-state index contributed by atoms with van der Waals surface area (Å²) in [7, 11) is 0. The first-order valence-corrected chi connectivity index (χ1v) is 4.74. The number of allylic oxidation sites excluding steroid dienone is 1. The highest BCUT2D eigenvalue weighted by Gasteiger charge is 1.99. The highest BCUT2D eigenvalue weighted by molar-refractivity contribution is 5.82. The number of carbonyl (C=O) groups is 1. The van der Waals surface area contributed by atoms with Gasteiger partial charge in [0.2, 0.25) is 0 Å². The van der Waals surface area contributed by atoms with Gasteiger partial charge in [-0.3, -0.25) is 0 Å². The van der Waals surface area contributed by atoms with E-state index in [1.54, 1.807) is 6.92 Å². The quantitative estimate of drug-likeness (QED) is 0.605. The van der Waals surface area contributed by atoms with Gasteiger partial charge in [0.05, 0.1) is 0 Å². The number of hydrogen-bond acceptors (Lipinski definition) is 3. The van der Waals surface area contributed by atoms with Crippen LogP contribution in [0.5, 0.6) is 0 Å². The van der Waals surface area contributed by atoms with Crippen molar-refractivity contribution in [2.24, 2.45) is 5.73 Å². The maximum absolute atomic E-state index is 11.1. The number of ether oxygens (including phenoxy) is 1. The first-order valence-electron chi connectivity index (χ1n) is 4.74. The minimum atomic E-state index is -0.406. The first kappa shape index (κ1) is 11.3. The molecule has 0 spiro atoms. The van der Waals surface area contributed by atoms with Crippen LogP contribution >= 0.6 is 0 Å². The summed E-state index contributed by atoms with van der Waals surface area (Å²) in [6, 6.07) is 7.82. The van der Waals surface area contributed by atoms with Crippen LogP contribution in [0.25, 0.3) is 0 Å². The second-order valence-corrected chi connectivity index (χ2v) is 3.49. The van der Waals surface area contributed by atoms with Gasteiger partial charge >= 0.3 is 5.97 Å². The molecule has 0 aromatic heterocycles. The second-order valence-electron chi connectivity index (χ2n) is 3.49. The largest absolute Gasteiger partial charge is 0.458 e. The smallest absolute Gasteiger partial charge is 0.332 e. The van der Waals surface area contributed by atoms with E-state index in [4.69, 9.17) is 10.5 Å². The normalized spacial score (nSPS) is 11.2. The Morgan fingerprint density at radius 2 is 2.27 bits per heavy atom. The fourth-order valence-electron chi connectivity index (χ4n) is 1.18. The fourth-order valence-corrected chi connectivity index (χ4v) is 1.18. The molecule has 0 atom stereocenters. The molecule has 1 aromatic rings. The molecule has 0 unspecified atom stereocenters. The summed E-state index contributed by atoms with van der Waals surface area (Å²) in [5, 5.41) is 0. The van der Waals surface area contributed by atoms with E-state index in [2.05, 4.69) is 0 Å². The van der Waals surface area contributed by atoms with Gasteiger partial charge in [-0.1, -0.05) is 29.8 Å². The van der Waals surface area contributed by atoms with Crippen LogP contribution in [-0.4, -0.2) is 5.97 Å². The van der Waals surface area contributed by atoms with Crippen LogP contribution in [-0.2, 0) is 16.1 Å². The number of hydrogen-bond donors (Lipinski definition) is 1. The van der Waals surface area contributed by atoms with Crippen LogP contribution in [0.4, 0.5) is 0 Å². The summed E-state index contributed by atoms with van der Waals surface area (Å²) < 4.78 is 5.00. The van der Waals surface area contributed by atoms with Crippen molar-refractivity contribution in [1.82, 2.24) is 0 Å². The van der Waals surface area contributed by atoms with Crippen molar-refractivity contribution in [2.75, 3.05) is 0 Å². The molecule has 1 aromatic carbocycles. The van der Waals surface area contributed by atoms with Gasteiger partial charge in [0, 0.05) is 11.8 Å². The molecule has 0 saturated carbocycles. The van der Waals surface area contributed by atoms with E-state index in [0.717, 1.165) is 11.1 Å². The summed E-state index contributed by atoms with van der Waals surface area (Å²) in [4.78, 5) is 11.1. The van der Waals surface area contributed by atoms with Gasteiger partial charge in [-0.05, 0) is 19.4 Å². The second kappa shape index (κ2) is 5.20. The maximum atomic E-state index is 11.1. The van der Waals surface area contributed by atoms with Gasteiger partial charge < -0.3 is 10.5 Å². The summed E-state index contributed by atoms with van der Waals surface area (Å²) in [6.07, 6.45) is 1.27. The summed E-state index contributed by atoms with van der Waals surface area (Å²) >= 11 is 0. The molecule has 3 heteroatoms. The minimum Gasteiger partial charge on any atom is -0.458 e. The monoisotopic (exact) mass is 205 g/mol. The Morgan fingerprint density at radius 3 is 2.87 bits per heavy atom. The Hall–Kier alpha value is -1.77. The van der Waals surface area contributed by atoms with Crippen LogP contribution in [0.15, 0.2) is 36.0 Å². The van der Waals surface area contributed by atoms with Crippen LogP contribution in [0.3, 0.4) is 0 Å². The molecular weight excluding hydrogens is 190 g/mol. The zero-order valence-corrected chi connectivity index (χ0v) is 8.99. The molecule has 0 radical (unpaired) electrons. The highest BCUT2D eigenvalue weighted by atomic mass is 16.5. The van der Waals surface area contributed by atoms with Crippen molar-refractivity contribution < 1.29 is 9.53 Å². The maximum Gasteiger partial charge on any atom is 0.332 e. The van der Waals surface area contributed by atoms with E-state index in [1.165, 1.54) is 6.08 Å². The van der Waals surface area contributed by atoms with Gasteiger partial charge in [-0.25, -0.2) is 4.79 Å². The molecule has 3 nitrogen and oxygen atoms in total. The lowest BCUT2D eigenvalue weighted by molar-refractivity contribution is -0.139.